The van der Waals surface area contributed by atoms with Crippen molar-refractivity contribution in [3.63, 3.8) is 0 Å². The number of aromatic nitrogens is 1. The van der Waals surface area contributed by atoms with Gasteiger partial charge in [-0.15, -0.1) is 0 Å². The van der Waals surface area contributed by atoms with Crippen molar-refractivity contribution in [3.05, 3.63) is 140 Å². The number of para-hydroxylation sites is 2. The second-order valence-electron chi connectivity index (χ2n) is 12.1. The Hall–Kier alpha value is -5.23. The highest BCUT2D eigenvalue weighted by Crippen LogP contribution is 2.25. The minimum atomic E-state index is -1.28. The number of carbonyl (C=O) groups excluding carboxylic acids is 4. The predicted molar refractivity (Wildman–Crippen MR) is 192 cm³/mol. The number of oxazole rings is 1. The largest absolute Gasteiger partial charge is 0.419 e. The Bertz CT molecular complexity index is 2110. The Kier molecular flexibility index (Phi) is 11.0. The van der Waals surface area contributed by atoms with Gasteiger partial charge in [-0.25, -0.2) is 4.79 Å². The third-order valence-corrected chi connectivity index (χ3v) is 9.44. The average molecular weight is 730 g/mol. The van der Waals surface area contributed by atoms with Gasteiger partial charge < -0.3 is 19.7 Å². The molecule has 13 heteroatoms. The maximum absolute atomic E-state index is 13.8. The summed E-state index contributed by atoms with van der Waals surface area (Å²) in [4.78, 5) is 68.0. The van der Waals surface area contributed by atoms with Gasteiger partial charge in [0.1, 0.15) is 0 Å². The number of carbonyl (C=O) groups is 4. The molecule has 2 N–H and O–H groups in total. The zero-order valence-electron chi connectivity index (χ0n) is 27.3. The molecule has 0 saturated heterocycles. The van der Waals surface area contributed by atoms with Crippen LogP contribution in [0.25, 0.3) is 11.1 Å². The lowest BCUT2D eigenvalue weighted by molar-refractivity contribution is -0.133. The van der Waals surface area contributed by atoms with E-state index < -0.39 is 41.5 Å². The van der Waals surface area contributed by atoms with E-state index in [2.05, 4.69) is 5.32 Å². The summed E-state index contributed by atoms with van der Waals surface area (Å²) in [5.74, 6) is -2.38. The molecular formula is C38H34Cl2N4O7. The zero-order chi connectivity index (χ0) is 36.1. The predicted octanol–water partition coefficient (Wildman–Crippen LogP) is 5.27. The summed E-state index contributed by atoms with van der Waals surface area (Å²) >= 11 is 12.5. The third-order valence-electron chi connectivity index (χ3n) is 8.85. The van der Waals surface area contributed by atoms with Gasteiger partial charge in [0.25, 0.3) is 11.8 Å². The van der Waals surface area contributed by atoms with E-state index in [4.69, 9.17) is 27.6 Å². The van der Waals surface area contributed by atoms with Gasteiger partial charge in [0.2, 0.25) is 11.8 Å². The van der Waals surface area contributed by atoms with Gasteiger partial charge in [-0.3, -0.25) is 28.6 Å². The topological polar surface area (TPSA) is 142 Å². The number of benzene rings is 4. The van der Waals surface area contributed by atoms with E-state index in [1.807, 2.05) is 0 Å². The second kappa shape index (κ2) is 15.8. The van der Waals surface area contributed by atoms with Crippen LogP contribution in [0.1, 0.15) is 50.7 Å². The molecule has 0 fully saturated rings. The summed E-state index contributed by atoms with van der Waals surface area (Å²) in [6.45, 7) is -0.174. The SMILES string of the molecule is O=C(CCn1c(=O)oc2ccccc21)N[C@@H](c1ccccc1)C(O)CN(CCc1ccc(Cl)cc1Cl)C(=O)CCN1C(=O)c2ccccc2C1=O. The summed E-state index contributed by atoms with van der Waals surface area (Å²) in [6, 6.07) is 26.4. The summed E-state index contributed by atoms with van der Waals surface area (Å²) in [5, 5.41) is 15.5. The highest BCUT2D eigenvalue weighted by molar-refractivity contribution is 6.35. The number of rotatable bonds is 14. The Balaban J connectivity index is 1.18. The Labute approximate surface area is 303 Å². The monoisotopic (exact) mass is 728 g/mol. The maximum Gasteiger partial charge on any atom is 0.419 e. The molecule has 1 aromatic heterocycles. The van der Waals surface area contributed by atoms with Crippen LogP contribution in [-0.4, -0.2) is 68.8 Å². The van der Waals surface area contributed by atoms with Crippen LogP contribution in [0.4, 0.5) is 0 Å². The zero-order valence-corrected chi connectivity index (χ0v) is 28.8. The molecule has 1 unspecified atom stereocenters. The number of aliphatic hydroxyl groups is 1. The third kappa shape index (κ3) is 8.06. The summed E-state index contributed by atoms with van der Waals surface area (Å²) in [5.41, 5.74) is 2.87. The first-order valence-corrected chi connectivity index (χ1v) is 17.1. The van der Waals surface area contributed by atoms with Crippen LogP contribution in [-0.2, 0) is 22.6 Å². The van der Waals surface area contributed by atoms with Crippen LogP contribution in [0.15, 0.2) is 106 Å². The molecule has 1 aliphatic rings. The molecule has 262 valence electrons. The van der Waals surface area contributed by atoms with E-state index in [-0.39, 0.29) is 50.1 Å². The number of nitrogens with zero attached hydrogens (tertiary/aromatic N) is 3. The van der Waals surface area contributed by atoms with Crippen molar-refractivity contribution in [1.82, 2.24) is 19.7 Å². The Morgan fingerprint density at radius 2 is 1.49 bits per heavy atom. The van der Waals surface area contributed by atoms with Crippen molar-refractivity contribution in [2.45, 2.75) is 38.0 Å². The lowest BCUT2D eigenvalue weighted by Gasteiger charge is -2.31. The van der Waals surface area contributed by atoms with E-state index in [0.717, 1.165) is 10.5 Å². The van der Waals surface area contributed by atoms with E-state index in [1.54, 1.807) is 97.1 Å². The molecule has 0 saturated carbocycles. The number of hydrogen-bond acceptors (Lipinski definition) is 7. The van der Waals surface area contributed by atoms with Gasteiger partial charge in [-0.2, -0.15) is 0 Å². The number of aliphatic hydroxyl groups excluding tert-OH is 1. The number of hydrogen-bond donors (Lipinski definition) is 2. The summed E-state index contributed by atoms with van der Waals surface area (Å²) in [7, 11) is 0. The number of amides is 4. The molecule has 1 aliphatic heterocycles. The molecule has 2 heterocycles. The Morgan fingerprint density at radius 3 is 2.20 bits per heavy atom. The molecule has 0 bridgehead atoms. The van der Waals surface area contributed by atoms with Crippen molar-refractivity contribution in [1.29, 1.82) is 0 Å². The van der Waals surface area contributed by atoms with Gasteiger partial charge in [0.15, 0.2) is 5.58 Å². The van der Waals surface area contributed by atoms with Crippen molar-refractivity contribution in [2.75, 3.05) is 19.6 Å². The molecule has 6 rings (SSSR count). The number of fused-ring (bicyclic) bond motifs is 2. The first kappa shape index (κ1) is 35.6. The van der Waals surface area contributed by atoms with Crippen LogP contribution in [0.3, 0.4) is 0 Å². The highest BCUT2D eigenvalue weighted by atomic mass is 35.5. The van der Waals surface area contributed by atoms with E-state index in [1.165, 1.54) is 9.47 Å². The van der Waals surface area contributed by atoms with Gasteiger partial charge in [-0.05, 0) is 53.9 Å². The molecule has 4 amide bonds. The number of halogens is 2. The van der Waals surface area contributed by atoms with Gasteiger partial charge in [0, 0.05) is 49.1 Å². The maximum atomic E-state index is 13.8. The molecule has 0 spiro atoms. The van der Waals surface area contributed by atoms with Gasteiger partial charge in [-0.1, -0.05) is 83.9 Å². The molecule has 5 aromatic rings. The summed E-state index contributed by atoms with van der Waals surface area (Å²) in [6.07, 6.45) is -1.24. The fraction of sp³-hybridized carbons (Fsp3) is 0.237. The minimum Gasteiger partial charge on any atom is -0.408 e. The van der Waals surface area contributed by atoms with Crippen LogP contribution < -0.4 is 11.1 Å². The van der Waals surface area contributed by atoms with Gasteiger partial charge >= 0.3 is 5.76 Å². The molecule has 2 atom stereocenters. The fourth-order valence-electron chi connectivity index (χ4n) is 6.18. The molecule has 0 radical (unpaired) electrons. The summed E-state index contributed by atoms with van der Waals surface area (Å²) < 4.78 is 6.65. The molecule has 4 aromatic carbocycles. The van der Waals surface area contributed by atoms with E-state index in [9.17, 15) is 29.1 Å². The average Bonchev–Trinajstić information content (AvgIpc) is 3.58. The first-order chi connectivity index (χ1) is 24.6. The molecule has 51 heavy (non-hydrogen) atoms. The van der Waals surface area contributed by atoms with Crippen LogP contribution in [0, 0.1) is 0 Å². The number of imide groups is 1. The number of aryl methyl sites for hydroxylation is 1. The lowest BCUT2D eigenvalue weighted by Crippen LogP contribution is -2.46. The first-order valence-electron chi connectivity index (χ1n) is 16.4. The van der Waals surface area contributed by atoms with Crippen molar-refractivity contribution in [2.24, 2.45) is 0 Å². The Morgan fingerprint density at radius 1 is 0.824 bits per heavy atom. The van der Waals surface area contributed by atoms with Crippen molar-refractivity contribution < 1.29 is 28.7 Å². The van der Waals surface area contributed by atoms with E-state index >= 15 is 0 Å². The quantitative estimate of drug-likeness (QED) is 0.149. The van der Waals surface area contributed by atoms with Crippen LogP contribution in [0.5, 0.6) is 0 Å². The minimum absolute atomic E-state index is 0.0452. The van der Waals surface area contributed by atoms with Crippen LogP contribution >= 0.6 is 23.2 Å². The van der Waals surface area contributed by atoms with Crippen LogP contribution in [0.2, 0.25) is 10.0 Å². The van der Waals surface area contributed by atoms with Gasteiger partial charge in [0.05, 0.1) is 28.8 Å². The smallest absolute Gasteiger partial charge is 0.408 e. The lowest BCUT2D eigenvalue weighted by atomic mass is 10.00. The highest BCUT2D eigenvalue weighted by Gasteiger charge is 2.36. The van der Waals surface area contributed by atoms with Crippen molar-refractivity contribution in [3.8, 4) is 0 Å². The fourth-order valence-corrected chi connectivity index (χ4v) is 6.69. The molecule has 11 nitrogen and oxygen atoms in total. The van der Waals surface area contributed by atoms with E-state index in [0.29, 0.717) is 33.1 Å². The number of nitrogens with one attached hydrogen (secondary N) is 1. The normalized spacial score (nSPS) is 13.7. The molecule has 0 aliphatic carbocycles. The molecular weight excluding hydrogens is 695 g/mol. The standard InChI is InChI=1S/C38H34Cl2N4O7/c39-26-15-14-24(29(40)22-26)16-19-42(34(47)18-21-44-36(48)27-10-4-5-11-28(27)37(44)49)23-31(45)35(25-8-2-1-3-9-25)41-33(46)17-20-43-30-12-6-7-13-32(30)51-38(43)50/h1-15,22,31,35,45H,16-21,23H2,(H,41,46)/t31?,35-/m0/s1. The second-order valence-corrected chi connectivity index (χ2v) is 13.0. The van der Waals surface area contributed by atoms with Crippen molar-refractivity contribution >= 4 is 57.9 Å².